The Labute approximate surface area is 192 Å². The van der Waals surface area contributed by atoms with Crippen LogP contribution in [0.3, 0.4) is 0 Å². The second-order valence-corrected chi connectivity index (χ2v) is 8.58. The van der Waals surface area contributed by atoms with Gasteiger partial charge in [-0.1, -0.05) is 48.7 Å². The van der Waals surface area contributed by atoms with E-state index in [1.807, 2.05) is 54.3 Å². The Morgan fingerprint density at radius 2 is 1.84 bits per heavy atom. The summed E-state index contributed by atoms with van der Waals surface area (Å²) in [6, 6.07) is 13.6. The van der Waals surface area contributed by atoms with Gasteiger partial charge in [-0.3, -0.25) is 4.79 Å². The van der Waals surface area contributed by atoms with Crippen molar-refractivity contribution in [1.29, 1.82) is 0 Å². The number of benzene rings is 2. The highest BCUT2D eigenvalue weighted by Crippen LogP contribution is 2.32. The van der Waals surface area contributed by atoms with Gasteiger partial charge >= 0.3 is 0 Å². The van der Waals surface area contributed by atoms with E-state index in [4.69, 9.17) is 16.3 Å². The van der Waals surface area contributed by atoms with E-state index in [-0.39, 0.29) is 18.4 Å². The van der Waals surface area contributed by atoms with Crippen LogP contribution in [0.4, 0.5) is 5.95 Å². The van der Waals surface area contributed by atoms with Crippen molar-refractivity contribution in [2.75, 3.05) is 37.7 Å². The van der Waals surface area contributed by atoms with Gasteiger partial charge in [-0.25, -0.2) is 0 Å². The van der Waals surface area contributed by atoms with E-state index in [1.54, 1.807) is 4.68 Å². The minimum absolute atomic E-state index is 0.00253. The average Bonchev–Trinajstić information content (AvgIpc) is 3.30. The SMILES string of the molecule is Cc1cc(OCC(=O)N2CCN(c3nnnn3-c3ccccc3)CC2)c(C(C)C)cc1Cl. The minimum Gasteiger partial charge on any atom is -0.483 e. The van der Waals surface area contributed by atoms with E-state index in [0.29, 0.717) is 37.1 Å². The van der Waals surface area contributed by atoms with Crippen LogP contribution in [0.1, 0.15) is 30.9 Å². The van der Waals surface area contributed by atoms with Crippen LogP contribution in [0.2, 0.25) is 5.02 Å². The van der Waals surface area contributed by atoms with Crippen molar-refractivity contribution >= 4 is 23.5 Å². The van der Waals surface area contributed by atoms with Crippen molar-refractivity contribution < 1.29 is 9.53 Å². The molecule has 1 aromatic heterocycles. The summed E-state index contributed by atoms with van der Waals surface area (Å²) in [4.78, 5) is 16.7. The van der Waals surface area contributed by atoms with E-state index in [1.165, 1.54) is 0 Å². The van der Waals surface area contributed by atoms with Gasteiger partial charge in [-0.2, -0.15) is 4.68 Å². The fourth-order valence-corrected chi connectivity index (χ4v) is 3.92. The third-order valence-corrected chi connectivity index (χ3v) is 6.04. The van der Waals surface area contributed by atoms with Crippen LogP contribution in [0, 0.1) is 6.92 Å². The molecular formula is C23H27ClN6O2. The van der Waals surface area contributed by atoms with Crippen molar-refractivity contribution in [1.82, 2.24) is 25.1 Å². The Bertz CT molecular complexity index is 1080. The summed E-state index contributed by atoms with van der Waals surface area (Å²) < 4.78 is 7.64. The maximum absolute atomic E-state index is 12.8. The molecule has 168 valence electrons. The molecule has 0 aliphatic carbocycles. The van der Waals surface area contributed by atoms with Gasteiger partial charge in [0, 0.05) is 31.2 Å². The molecule has 8 nitrogen and oxygen atoms in total. The number of hydrogen-bond donors (Lipinski definition) is 0. The van der Waals surface area contributed by atoms with Gasteiger partial charge in [0.25, 0.3) is 5.91 Å². The standard InChI is InChI=1S/C23H27ClN6O2/c1-16(2)19-14-20(24)17(3)13-21(19)32-15-22(31)28-9-11-29(12-10-28)23-25-26-27-30(23)18-7-5-4-6-8-18/h4-8,13-14,16H,9-12,15H2,1-3H3. The van der Waals surface area contributed by atoms with Crippen molar-refractivity contribution in [2.24, 2.45) is 0 Å². The smallest absolute Gasteiger partial charge is 0.260 e. The van der Waals surface area contributed by atoms with E-state index in [0.717, 1.165) is 22.6 Å². The number of amides is 1. The predicted octanol–water partition coefficient (Wildman–Crippen LogP) is 3.48. The highest BCUT2D eigenvalue weighted by Gasteiger charge is 2.25. The number of carbonyl (C=O) groups is 1. The number of rotatable bonds is 6. The third kappa shape index (κ3) is 4.70. The lowest BCUT2D eigenvalue weighted by Crippen LogP contribution is -2.50. The normalized spacial score (nSPS) is 14.2. The molecule has 0 N–H and O–H groups in total. The second-order valence-electron chi connectivity index (χ2n) is 8.18. The highest BCUT2D eigenvalue weighted by atomic mass is 35.5. The average molecular weight is 455 g/mol. The van der Waals surface area contributed by atoms with Crippen LogP contribution in [0.5, 0.6) is 5.75 Å². The second kappa shape index (κ2) is 9.56. The summed E-state index contributed by atoms with van der Waals surface area (Å²) in [5.41, 5.74) is 2.84. The Balaban J connectivity index is 1.36. The third-order valence-electron chi connectivity index (χ3n) is 5.63. The number of nitrogens with zero attached hydrogens (tertiary/aromatic N) is 6. The summed E-state index contributed by atoms with van der Waals surface area (Å²) in [7, 11) is 0. The molecule has 0 unspecified atom stereocenters. The van der Waals surface area contributed by atoms with E-state index < -0.39 is 0 Å². The number of hydrogen-bond acceptors (Lipinski definition) is 6. The topological polar surface area (TPSA) is 76.4 Å². The Hall–Kier alpha value is -3.13. The fourth-order valence-electron chi connectivity index (χ4n) is 3.75. The summed E-state index contributed by atoms with van der Waals surface area (Å²) in [6.45, 7) is 8.56. The zero-order chi connectivity index (χ0) is 22.7. The molecule has 1 fully saturated rings. The lowest BCUT2D eigenvalue weighted by Gasteiger charge is -2.34. The number of tetrazole rings is 1. The van der Waals surface area contributed by atoms with Gasteiger partial charge in [0.1, 0.15) is 5.75 Å². The van der Waals surface area contributed by atoms with Gasteiger partial charge in [-0.15, -0.1) is 0 Å². The van der Waals surface area contributed by atoms with Crippen LogP contribution in [0.15, 0.2) is 42.5 Å². The van der Waals surface area contributed by atoms with E-state index in [2.05, 4.69) is 34.3 Å². The number of ether oxygens (including phenoxy) is 1. The lowest BCUT2D eigenvalue weighted by atomic mass is 10.0. The number of aromatic nitrogens is 4. The molecule has 2 aromatic carbocycles. The molecule has 0 spiro atoms. The first kappa shape index (κ1) is 22.1. The van der Waals surface area contributed by atoms with Gasteiger partial charge in [-0.05, 0) is 58.7 Å². The van der Waals surface area contributed by atoms with Crippen molar-refractivity contribution in [3.05, 3.63) is 58.6 Å². The summed E-state index contributed by atoms with van der Waals surface area (Å²) >= 11 is 6.27. The molecule has 0 bridgehead atoms. The van der Waals surface area contributed by atoms with Crippen molar-refractivity contribution in [2.45, 2.75) is 26.7 Å². The number of halogens is 1. The molecule has 2 heterocycles. The number of carbonyl (C=O) groups excluding carboxylic acids is 1. The molecule has 4 rings (SSSR count). The molecule has 9 heteroatoms. The largest absolute Gasteiger partial charge is 0.483 e. The first-order valence-corrected chi connectivity index (χ1v) is 11.1. The van der Waals surface area contributed by atoms with Crippen LogP contribution in [-0.2, 0) is 4.79 Å². The summed E-state index contributed by atoms with van der Waals surface area (Å²) in [5.74, 6) is 1.61. The molecule has 0 atom stereocenters. The minimum atomic E-state index is -0.0328. The maximum Gasteiger partial charge on any atom is 0.260 e. The Kier molecular flexibility index (Phi) is 6.60. The zero-order valence-electron chi connectivity index (χ0n) is 18.5. The molecule has 32 heavy (non-hydrogen) atoms. The molecule has 0 radical (unpaired) electrons. The van der Waals surface area contributed by atoms with Crippen molar-refractivity contribution in [3.8, 4) is 11.4 Å². The predicted molar refractivity (Wildman–Crippen MR) is 124 cm³/mol. The van der Waals surface area contributed by atoms with Gasteiger partial charge in [0.2, 0.25) is 5.95 Å². The summed E-state index contributed by atoms with van der Waals surface area (Å²) in [6.07, 6.45) is 0. The van der Waals surface area contributed by atoms with E-state index >= 15 is 0 Å². The van der Waals surface area contributed by atoms with Gasteiger partial charge in [0.05, 0.1) is 5.69 Å². The Morgan fingerprint density at radius 3 is 2.53 bits per heavy atom. The maximum atomic E-state index is 12.8. The van der Waals surface area contributed by atoms with Crippen LogP contribution in [-0.4, -0.2) is 63.8 Å². The van der Waals surface area contributed by atoms with Gasteiger partial charge in [0.15, 0.2) is 6.61 Å². The quantitative estimate of drug-likeness (QED) is 0.567. The molecule has 0 saturated carbocycles. The van der Waals surface area contributed by atoms with Crippen LogP contribution < -0.4 is 9.64 Å². The first-order valence-electron chi connectivity index (χ1n) is 10.7. The van der Waals surface area contributed by atoms with Crippen LogP contribution in [0.25, 0.3) is 5.69 Å². The molecule has 1 saturated heterocycles. The molecule has 1 aliphatic heterocycles. The molecule has 1 aliphatic rings. The number of anilines is 1. The summed E-state index contributed by atoms with van der Waals surface area (Å²) in [5, 5.41) is 12.9. The molecule has 1 amide bonds. The van der Waals surface area contributed by atoms with Crippen molar-refractivity contribution in [3.63, 3.8) is 0 Å². The fraction of sp³-hybridized carbons (Fsp3) is 0.391. The molecule has 3 aromatic rings. The van der Waals surface area contributed by atoms with E-state index in [9.17, 15) is 4.79 Å². The Morgan fingerprint density at radius 1 is 1.12 bits per heavy atom. The first-order chi connectivity index (χ1) is 15.4. The van der Waals surface area contributed by atoms with Gasteiger partial charge < -0.3 is 14.5 Å². The lowest BCUT2D eigenvalue weighted by molar-refractivity contribution is -0.133. The zero-order valence-corrected chi connectivity index (χ0v) is 19.3. The number of aryl methyl sites for hydroxylation is 1. The highest BCUT2D eigenvalue weighted by molar-refractivity contribution is 6.31. The molecular weight excluding hydrogens is 428 g/mol. The van der Waals surface area contributed by atoms with Crippen LogP contribution >= 0.6 is 11.6 Å². The number of para-hydroxylation sites is 1. The monoisotopic (exact) mass is 454 g/mol. The number of piperazine rings is 1.